The Kier molecular flexibility index (Phi) is 5.57. The summed E-state index contributed by atoms with van der Waals surface area (Å²) >= 11 is 0. The van der Waals surface area contributed by atoms with Crippen LogP contribution in [-0.4, -0.2) is 21.6 Å². The molecule has 23 heavy (non-hydrogen) atoms. The van der Waals surface area contributed by atoms with Crippen molar-refractivity contribution in [2.24, 2.45) is 0 Å². The highest BCUT2D eigenvalue weighted by Gasteiger charge is 2.21. The molecule has 0 aliphatic carbocycles. The molecule has 5 heteroatoms. The smallest absolute Gasteiger partial charge is 0.297 e. The predicted molar refractivity (Wildman–Crippen MR) is 89.7 cm³/mol. The second-order valence-electron chi connectivity index (χ2n) is 5.81. The molecule has 0 radical (unpaired) electrons. The van der Waals surface area contributed by atoms with Crippen molar-refractivity contribution in [3.63, 3.8) is 0 Å². The number of aryl methyl sites for hydroxylation is 1. The third kappa shape index (κ3) is 4.89. The molecule has 0 fully saturated rings. The predicted octanol–water partition coefficient (Wildman–Crippen LogP) is 3.65. The molecule has 2 aromatic carbocycles. The van der Waals surface area contributed by atoms with Crippen molar-refractivity contribution in [2.45, 2.75) is 31.3 Å². The summed E-state index contributed by atoms with van der Waals surface area (Å²) in [7, 11) is -3.74. The van der Waals surface area contributed by atoms with Gasteiger partial charge >= 0.3 is 0 Å². The molecule has 0 spiro atoms. The van der Waals surface area contributed by atoms with Crippen LogP contribution in [0.25, 0.3) is 0 Å². The van der Waals surface area contributed by atoms with Gasteiger partial charge in [-0.1, -0.05) is 48.0 Å². The molecule has 2 rings (SSSR count). The lowest BCUT2D eigenvalue weighted by Gasteiger charge is -2.25. The molecule has 0 atom stereocenters. The van der Waals surface area contributed by atoms with E-state index in [0.29, 0.717) is 0 Å². The molecule has 0 saturated heterocycles. The Hall–Kier alpha value is -1.69. The molecule has 0 bridgehead atoms. The van der Waals surface area contributed by atoms with Crippen LogP contribution in [0.3, 0.4) is 0 Å². The van der Waals surface area contributed by atoms with Crippen LogP contribution in [0.15, 0.2) is 59.5 Å². The van der Waals surface area contributed by atoms with E-state index < -0.39 is 15.7 Å². The van der Waals surface area contributed by atoms with E-state index in [0.717, 1.165) is 11.1 Å². The van der Waals surface area contributed by atoms with Gasteiger partial charge in [-0.15, -0.1) is 0 Å². The van der Waals surface area contributed by atoms with Gasteiger partial charge in [0, 0.05) is 0 Å². The van der Waals surface area contributed by atoms with Gasteiger partial charge in [0.05, 0.1) is 23.7 Å². The Balaban J connectivity index is 1.88. The average molecular weight is 334 g/mol. The SMILES string of the molecule is Cc1ccc(S(=O)(=O)OCCOC(C)(C)c2ccccc2)cc1. The standard InChI is InChI=1S/C18H22O4S/c1-15-9-11-17(12-10-15)23(19,20)22-14-13-21-18(2,3)16-7-5-4-6-8-16/h4-12H,13-14H2,1-3H3. The normalized spacial score (nSPS) is 12.3. The monoisotopic (exact) mass is 334 g/mol. The lowest BCUT2D eigenvalue weighted by Crippen LogP contribution is -2.24. The van der Waals surface area contributed by atoms with Gasteiger partial charge in [0.1, 0.15) is 0 Å². The van der Waals surface area contributed by atoms with E-state index >= 15 is 0 Å². The van der Waals surface area contributed by atoms with Crippen molar-refractivity contribution in [1.29, 1.82) is 0 Å². The van der Waals surface area contributed by atoms with Gasteiger partial charge < -0.3 is 4.74 Å². The van der Waals surface area contributed by atoms with E-state index in [9.17, 15) is 8.42 Å². The summed E-state index contributed by atoms with van der Waals surface area (Å²) in [6, 6.07) is 16.3. The maximum atomic E-state index is 12.1. The van der Waals surface area contributed by atoms with E-state index in [1.54, 1.807) is 24.3 Å². The maximum Gasteiger partial charge on any atom is 0.297 e. The second-order valence-corrected chi connectivity index (χ2v) is 7.43. The number of rotatable bonds is 7. The zero-order valence-corrected chi connectivity index (χ0v) is 14.5. The van der Waals surface area contributed by atoms with Crippen molar-refractivity contribution in [3.05, 3.63) is 65.7 Å². The van der Waals surface area contributed by atoms with Crippen LogP contribution in [0.1, 0.15) is 25.0 Å². The van der Waals surface area contributed by atoms with Crippen LogP contribution in [-0.2, 0) is 24.6 Å². The Morgan fingerprint density at radius 3 is 2.13 bits per heavy atom. The van der Waals surface area contributed by atoms with Crippen molar-refractivity contribution in [2.75, 3.05) is 13.2 Å². The zero-order chi connectivity index (χ0) is 16.9. The lowest BCUT2D eigenvalue weighted by molar-refractivity contribution is -0.0330. The first-order valence-corrected chi connectivity index (χ1v) is 8.88. The minimum absolute atomic E-state index is 0.0214. The molecule has 2 aromatic rings. The van der Waals surface area contributed by atoms with E-state index in [2.05, 4.69) is 0 Å². The van der Waals surface area contributed by atoms with Crippen LogP contribution in [0.5, 0.6) is 0 Å². The number of hydrogen-bond acceptors (Lipinski definition) is 4. The summed E-state index contributed by atoms with van der Waals surface area (Å²) in [5.74, 6) is 0. The Labute approximate surface area is 138 Å². The fourth-order valence-electron chi connectivity index (χ4n) is 2.14. The summed E-state index contributed by atoms with van der Waals surface area (Å²) in [5.41, 5.74) is 1.52. The van der Waals surface area contributed by atoms with Gasteiger partial charge in [-0.05, 0) is 38.5 Å². The Morgan fingerprint density at radius 1 is 0.913 bits per heavy atom. The molecule has 0 aromatic heterocycles. The fraction of sp³-hybridized carbons (Fsp3) is 0.333. The molecular formula is C18H22O4S. The van der Waals surface area contributed by atoms with Gasteiger partial charge in [0.15, 0.2) is 0 Å². The molecule has 0 aliphatic rings. The summed E-state index contributed by atoms with van der Waals surface area (Å²) in [6.07, 6.45) is 0. The molecule has 0 aliphatic heterocycles. The summed E-state index contributed by atoms with van der Waals surface area (Å²) < 4.78 is 34.9. The Bertz CT molecular complexity index is 719. The minimum atomic E-state index is -3.74. The van der Waals surface area contributed by atoms with Crippen LogP contribution in [0.2, 0.25) is 0 Å². The van der Waals surface area contributed by atoms with Gasteiger partial charge in [0.2, 0.25) is 0 Å². The third-order valence-corrected chi connectivity index (χ3v) is 4.89. The van der Waals surface area contributed by atoms with Crippen molar-refractivity contribution < 1.29 is 17.3 Å². The van der Waals surface area contributed by atoms with Gasteiger partial charge in [-0.2, -0.15) is 8.42 Å². The topological polar surface area (TPSA) is 52.6 Å². The third-order valence-electron chi connectivity index (χ3n) is 3.56. The first kappa shape index (κ1) is 17.7. The molecule has 0 unspecified atom stereocenters. The van der Waals surface area contributed by atoms with Crippen LogP contribution in [0, 0.1) is 6.92 Å². The average Bonchev–Trinajstić information content (AvgIpc) is 2.53. The van der Waals surface area contributed by atoms with Crippen molar-refractivity contribution >= 4 is 10.1 Å². The van der Waals surface area contributed by atoms with Crippen LogP contribution < -0.4 is 0 Å². The minimum Gasteiger partial charge on any atom is -0.368 e. The van der Waals surface area contributed by atoms with Crippen molar-refractivity contribution in [3.8, 4) is 0 Å². The second kappa shape index (κ2) is 7.25. The van der Waals surface area contributed by atoms with Gasteiger partial charge in [0.25, 0.3) is 10.1 Å². The number of ether oxygens (including phenoxy) is 1. The largest absolute Gasteiger partial charge is 0.368 e. The highest BCUT2D eigenvalue weighted by Crippen LogP contribution is 2.24. The first-order chi connectivity index (χ1) is 10.8. The van der Waals surface area contributed by atoms with E-state index in [4.69, 9.17) is 8.92 Å². The van der Waals surface area contributed by atoms with Crippen molar-refractivity contribution in [1.82, 2.24) is 0 Å². The van der Waals surface area contributed by atoms with Gasteiger partial charge in [-0.25, -0.2) is 0 Å². The molecule has 0 N–H and O–H groups in total. The summed E-state index contributed by atoms with van der Waals surface area (Å²) in [5, 5.41) is 0. The highest BCUT2D eigenvalue weighted by atomic mass is 32.2. The molecule has 0 heterocycles. The Morgan fingerprint density at radius 2 is 1.52 bits per heavy atom. The first-order valence-electron chi connectivity index (χ1n) is 7.47. The number of hydrogen-bond donors (Lipinski definition) is 0. The maximum absolute atomic E-state index is 12.1. The number of benzene rings is 2. The molecule has 124 valence electrons. The summed E-state index contributed by atoms with van der Waals surface area (Å²) in [6.45, 7) is 5.95. The molecule has 0 amide bonds. The van der Waals surface area contributed by atoms with Crippen LogP contribution >= 0.6 is 0 Å². The molecule has 0 saturated carbocycles. The summed E-state index contributed by atoms with van der Waals surface area (Å²) in [4.78, 5) is 0.158. The van der Waals surface area contributed by atoms with E-state index in [-0.39, 0.29) is 18.1 Å². The van der Waals surface area contributed by atoms with E-state index in [1.807, 2.05) is 51.1 Å². The zero-order valence-electron chi connectivity index (χ0n) is 13.7. The van der Waals surface area contributed by atoms with Crippen LogP contribution in [0.4, 0.5) is 0 Å². The molecular weight excluding hydrogens is 312 g/mol. The van der Waals surface area contributed by atoms with Gasteiger partial charge in [-0.3, -0.25) is 4.18 Å². The quantitative estimate of drug-likeness (QED) is 0.573. The highest BCUT2D eigenvalue weighted by molar-refractivity contribution is 7.86. The fourth-order valence-corrected chi connectivity index (χ4v) is 3.03. The lowest BCUT2D eigenvalue weighted by atomic mass is 9.98. The molecule has 4 nitrogen and oxygen atoms in total. The van der Waals surface area contributed by atoms with E-state index in [1.165, 1.54) is 0 Å².